The summed E-state index contributed by atoms with van der Waals surface area (Å²) in [6, 6.07) is 5.72. The highest BCUT2D eigenvalue weighted by molar-refractivity contribution is 7.89. The molecule has 0 saturated heterocycles. The number of sulfonamides is 1. The molecule has 0 atom stereocenters. The van der Waals surface area contributed by atoms with Crippen LogP contribution in [0.3, 0.4) is 0 Å². The molecule has 0 aliphatic heterocycles. The monoisotopic (exact) mass is 297 g/mol. The van der Waals surface area contributed by atoms with E-state index in [9.17, 15) is 8.42 Å². The fraction of sp³-hybridized carbons (Fsp3) is 0.571. The first-order valence-corrected chi connectivity index (χ1v) is 8.42. The van der Waals surface area contributed by atoms with Crippen molar-refractivity contribution >= 4 is 10.0 Å². The first kappa shape index (κ1) is 15.4. The zero-order chi connectivity index (χ0) is 14.8. The third-order valence-electron chi connectivity index (χ3n) is 3.78. The highest BCUT2D eigenvalue weighted by atomic mass is 32.2. The molecule has 0 spiro atoms. The van der Waals surface area contributed by atoms with Gasteiger partial charge in [-0.1, -0.05) is 6.07 Å². The minimum absolute atomic E-state index is 0.289. The number of benzene rings is 1. The molecule has 3 N–H and O–H groups in total. The second kappa shape index (κ2) is 6.22. The van der Waals surface area contributed by atoms with E-state index >= 15 is 0 Å². The van der Waals surface area contributed by atoms with Gasteiger partial charge in [0.05, 0.1) is 4.90 Å². The maximum Gasteiger partial charge on any atom is 0.240 e. The van der Waals surface area contributed by atoms with Gasteiger partial charge in [0.2, 0.25) is 10.0 Å². The minimum Gasteiger partial charge on any atom is -0.326 e. The zero-order valence-corrected chi connectivity index (χ0v) is 12.9. The Kier molecular flexibility index (Phi) is 4.80. The van der Waals surface area contributed by atoms with Gasteiger partial charge in [0, 0.05) is 25.7 Å². The molecule has 1 aromatic rings. The molecule has 1 aromatic carbocycles. The van der Waals surface area contributed by atoms with Crippen molar-refractivity contribution in [1.82, 2.24) is 9.62 Å². The summed E-state index contributed by atoms with van der Waals surface area (Å²) in [5, 5.41) is 0. The molecule has 0 unspecified atom stereocenters. The van der Waals surface area contributed by atoms with E-state index in [0.29, 0.717) is 19.1 Å². The molecule has 1 fully saturated rings. The van der Waals surface area contributed by atoms with Crippen molar-refractivity contribution in [3.05, 3.63) is 29.3 Å². The first-order valence-electron chi connectivity index (χ1n) is 6.93. The molecule has 1 saturated carbocycles. The molecule has 112 valence electrons. The van der Waals surface area contributed by atoms with Crippen molar-refractivity contribution in [3.63, 3.8) is 0 Å². The fourth-order valence-electron chi connectivity index (χ4n) is 2.17. The molecule has 20 heavy (non-hydrogen) atoms. The van der Waals surface area contributed by atoms with Crippen LogP contribution in [-0.2, 0) is 16.6 Å². The summed E-state index contributed by atoms with van der Waals surface area (Å²) in [6.07, 6.45) is 2.45. The lowest BCUT2D eigenvalue weighted by Gasteiger charge is -2.16. The van der Waals surface area contributed by atoms with Crippen LogP contribution >= 0.6 is 0 Å². The van der Waals surface area contributed by atoms with Crippen LogP contribution in [0.5, 0.6) is 0 Å². The van der Waals surface area contributed by atoms with Crippen molar-refractivity contribution in [2.24, 2.45) is 5.73 Å². The van der Waals surface area contributed by atoms with Crippen LogP contribution in [0, 0.1) is 6.92 Å². The minimum atomic E-state index is -3.44. The molecule has 0 aromatic heterocycles. The van der Waals surface area contributed by atoms with Gasteiger partial charge in [0.1, 0.15) is 0 Å². The molecule has 0 bridgehead atoms. The second-order valence-corrected chi connectivity index (χ2v) is 7.17. The van der Waals surface area contributed by atoms with Gasteiger partial charge in [-0.15, -0.1) is 0 Å². The third kappa shape index (κ3) is 3.79. The highest BCUT2D eigenvalue weighted by Crippen LogP contribution is 2.24. The lowest BCUT2D eigenvalue weighted by atomic mass is 10.1. The van der Waals surface area contributed by atoms with Crippen LogP contribution in [0.1, 0.15) is 24.0 Å². The summed E-state index contributed by atoms with van der Waals surface area (Å²) in [5.74, 6) is 0. The summed E-state index contributed by atoms with van der Waals surface area (Å²) >= 11 is 0. The van der Waals surface area contributed by atoms with Crippen LogP contribution in [0.2, 0.25) is 0 Å². The van der Waals surface area contributed by atoms with Crippen molar-refractivity contribution in [1.29, 1.82) is 0 Å². The van der Waals surface area contributed by atoms with Crippen molar-refractivity contribution in [2.75, 3.05) is 20.1 Å². The van der Waals surface area contributed by atoms with Crippen molar-refractivity contribution in [2.45, 2.75) is 37.2 Å². The Bertz CT molecular complexity index is 568. The molecule has 5 nitrogen and oxygen atoms in total. The highest BCUT2D eigenvalue weighted by Gasteiger charge is 2.25. The van der Waals surface area contributed by atoms with Gasteiger partial charge in [0.25, 0.3) is 0 Å². The summed E-state index contributed by atoms with van der Waals surface area (Å²) in [6.45, 7) is 3.44. The summed E-state index contributed by atoms with van der Waals surface area (Å²) in [7, 11) is -1.41. The van der Waals surface area contributed by atoms with Gasteiger partial charge in [-0.2, -0.15) is 0 Å². The van der Waals surface area contributed by atoms with Gasteiger partial charge in [-0.3, -0.25) is 0 Å². The van der Waals surface area contributed by atoms with Crippen LogP contribution in [0.25, 0.3) is 0 Å². The number of rotatable bonds is 7. The fourth-order valence-corrected chi connectivity index (χ4v) is 3.24. The molecule has 1 aliphatic carbocycles. The maximum absolute atomic E-state index is 12.2. The normalized spacial score (nSPS) is 15.8. The number of nitrogens with zero attached hydrogens (tertiary/aromatic N) is 1. The van der Waals surface area contributed by atoms with Gasteiger partial charge >= 0.3 is 0 Å². The number of hydrogen-bond acceptors (Lipinski definition) is 4. The number of hydrogen-bond donors (Lipinski definition) is 2. The van der Waals surface area contributed by atoms with E-state index in [4.69, 9.17) is 5.73 Å². The summed E-state index contributed by atoms with van der Waals surface area (Å²) in [4.78, 5) is 2.49. The predicted molar refractivity (Wildman–Crippen MR) is 79.9 cm³/mol. The lowest BCUT2D eigenvalue weighted by molar-refractivity contribution is 0.329. The Morgan fingerprint density at radius 2 is 2.10 bits per heavy atom. The van der Waals surface area contributed by atoms with Gasteiger partial charge in [-0.05, 0) is 50.1 Å². The quantitative estimate of drug-likeness (QED) is 0.781. The second-order valence-electron chi connectivity index (χ2n) is 5.40. The Morgan fingerprint density at radius 1 is 1.40 bits per heavy atom. The lowest BCUT2D eigenvalue weighted by Crippen LogP contribution is -2.34. The SMILES string of the molecule is Cc1ccc(S(=O)(=O)NCCN(C)C2CC2)cc1CN. The van der Waals surface area contributed by atoms with Gasteiger partial charge in [-0.25, -0.2) is 13.1 Å². The molecule has 0 radical (unpaired) electrons. The van der Waals surface area contributed by atoms with E-state index in [1.807, 2.05) is 14.0 Å². The first-order chi connectivity index (χ1) is 9.44. The molecule has 0 amide bonds. The third-order valence-corrected chi connectivity index (χ3v) is 5.24. The Morgan fingerprint density at radius 3 is 2.70 bits per heavy atom. The van der Waals surface area contributed by atoms with E-state index in [2.05, 4.69) is 9.62 Å². The number of likely N-dealkylation sites (N-methyl/N-ethyl adjacent to an activating group) is 1. The Balaban J connectivity index is 1.98. The molecule has 6 heteroatoms. The largest absolute Gasteiger partial charge is 0.326 e. The van der Waals surface area contributed by atoms with Crippen molar-refractivity contribution < 1.29 is 8.42 Å². The standard InChI is InChI=1S/C14H23N3O2S/c1-11-3-6-14(9-12(11)10-15)20(18,19)16-7-8-17(2)13-4-5-13/h3,6,9,13,16H,4-5,7-8,10,15H2,1-2H3. The van der Waals surface area contributed by atoms with E-state index in [1.165, 1.54) is 12.8 Å². The van der Waals surface area contributed by atoms with E-state index in [-0.39, 0.29) is 4.90 Å². The van der Waals surface area contributed by atoms with Crippen LogP contribution < -0.4 is 10.5 Å². The molecular formula is C14H23N3O2S. The molecule has 1 aliphatic rings. The van der Waals surface area contributed by atoms with Crippen molar-refractivity contribution in [3.8, 4) is 0 Å². The summed E-state index contributed by atoms with van der Waals surface area (Å²) < 4.78 is 27.1. The van der Waals surface area contributed by atoms with E-state index < -0.39 is 10.0 Å². The van der Waals surface area contributed by atoms with Gasteiger partial charge in [0.15, 0.2) is 0 Å². The smallest absolute Gasteiger partial charge is 0.240 e. The van der Waals surface area contributed by atoms with Crippen LogP contribution in [-0.4, -0.2) is 39.5 Å². The Hall–Kier alpha value is -0.950. The molecule has 0 heterocycles. The predicted octanol–water partition coefficient (Wildman–Crippen LogP) is 0.826. The average molecular weight is 297 g/mol. The van der Waals surface area contributed by atoms with E-state index in [0.717, 1.165) is 17.7 Å². The maximum atomic E-state index is 12.2. The van der Waals surface area contributed by atoms with Gasteiger partial charge < -0.3 is 10.6 Å². The summed E-state index contributed by atoms with van der Waals surface area (Å²) in [5.41, 5.74) is 7.50. The van der Waals surface area contributed by atoms with E-state index in [1.54, 1.807) is 18.2 Å². The number of nitrogens with two attached hydrogens (primary N) is 1. The average Bonchev–Trinajstić information content (AvgIpc) is 3.23. The van der Waals surface area contributed by atoms with Crippen LogP contribution in [0.15, 0.2) is 23.1 Å². The van der Waals surface area contributed by atoms with Crippen LogP contribution in [0.4, 0.5) is 0 Å². The molecular weight excluding hydrogens is 274 g/mol. The zero-order valence-electron chi connectivity index (χ0n) is 12.1. The topological polar surface area (TPSA) is 75.4 Å². The number of aryl methyl sites for hydroxylation is 1. The Labute approximate surface area is 121 Å². The number of nitrogens with one attached hydrogen (secondary N) is 1. The molecule has 2 rings (SSSR count).